The Bertz CT molecular complexity index is 329. The van der Waals surface area contributed by atoms with Crippen LogP contribution in [0.1, 0.15) is 10.4 Å². The first-order valence-corrected chi connectivity index (χ1v) is 4.17. The van der Waals surface area contributed by atoms with Crippen LogP contribution < -0.4 is 4.74 Å². The number of halogens is 3. The molecule has 0 fully saturated rings. The van der Waals surface area contributed by atoms with Crippen LogP contribution in [0.3, 0.4) is 0 Å². The molecule has 0 saturated heterocycles. The maximum absolute atomic E-state index is 11.8. The van der Waals surface area contributed by atoms with Crippen molar-refractivity contribution in [1.82, 2.24) is 0 Å². The molecule has 0 N–H and O–H groups in total. The molecule has 0 unspecified atom stereocenters. The van der Waals surface area contributed by atoms with Gasteiger partial charge in [-0.25, -0.2) is 8.78 Å². The van der Waals surface area contributed by atoms with Gasteiger partial charge in [-0.05, 0) is 18.2 Å². The van der Waals surface area contributed by atoms with Crippen molar-refractivity contribution in [2.24, 2.45) is 0 Å². The minimum absolute atomic E-state index is 0.148. The van der Waals surface area contributed by atoms with E-state index in [1.165, 1.54) is 18.2 Å². The van der Waals surface area contributed by atoms with Crippen molar-refractivity contribution in [3.8, 4) is 5.75 Å². The minimum atomic E-state index is -2.54. The van der Waals surface area contributed by atoms with E-state index < -0.39 is 13.0 Å². The number of benzene rings is 1. The van der Waals surface area contributed by atoms with Crippen LogP contribution in [-0.2, 0) is 0 Å². The monoisotopic (exact) mass is 220 g/mol. The van der Waals surface area contributed by atoms with E-state index in [1.54, 1.807) is 0 Å². The average molecular weight is 221 g/mol. The van der Waals surface area contributed by atoms with Gasteiger partial charge in [-0.1, -0.05) is 11.6 Å². The third-order valence-electron chi connectivity index (χ3n) is 1.46. The van der Waals surface area contributed by atoms with Gasteiger partial charge in [0, 0.05) is 5.56 Å². The highest BCUT2D eigenvalue weighted by Gasteiger charge is 2.06. The molecule has 0 atom stereocenters. The lowest BCUT2D eigenvalue weighted by Crippen LogP contribution is -2.07. The summed E-state index contributed by atoms with van der Waals surface area (Å²) in [5.74, 6) is 0.151. The molecule has 0 radical (unpaired) electrons. The largest absolute Gasteiger partial charge is 0.486 e. The van der Waals surface area contributed by atoms with Gasteiger partial charge >= 0.3 is 0 Å². The first-order valence-electron chi connectivity index (χ1n) is 3.79. The zero-order chi connectivity index (χ0) is 10.6. The second-order valence-electron chi connectivity index (χ2n) is 2.51. The van der Waals surface area contributed by atoms with Crippen molar-refractivity contribution in [2.75, 3.05) is 6.61 Å². The Balaban J connectivity index is 2.73. The molecule has 1 rings (SSSR count). The van der Waals surface area contributed by atoms with Crippen molar-refractivity contribution in [3.63, 3.8) is 0 Å². The van der Waals surface area contributed by atoms with Crippen molar-refractivity contribution >= 4 is 17.9 Å². The average Bonchev–Trinajstić information content (AvgIpc) is 2.15. The van der Waals surface area contributed by atoms with E-state index in [4.69, 9.17) is 16.3 Å². The summed E-state index contributed by atoms with van der Waals surface area (Å²) in [6, 6.07) is 4.18. The third-order valence-corrected chi connectivity index (χ3v) is 1.75. The zero-order valence-corrected chi connectivity index (χ0v) is 7.80. The maximum Gasteiger partial charge on any atom is 0.272 e. The molecule has 1 aromatic carbocycles. The van der Waals surface area contributed by atoms with Crippen LogP contribution in [0.15, 0.2) is 18.2 Å². The lowest BCUT2D eigenvalue weighted by Gasteiger charge is -2.06. The van der Waals surface area contributed by atoms with Gasteiger partial charge in [0.15, 0.2) is 0 Å². The van der Waals surface area contributed by atoms with Crippen molar-refractivity contribution in [1.29, 1.82) is 0 Å². The Morgan fingerprint density at radius 1 is 1.50 bits per heavy atom. The quantitative estimate of drug-likeness (QED) is 0.730. The zero-order valence-electron chi connectivity index (χ0n) is 7.04. The molecule has 0 aliphatic carbocycles. The van der Waals surface area contributed by atoms with E-state index in [9.17, 15) is 13.6 Å². The van der Waals surface area contributed by atoms with Gasteiger partial charge in [-0.3, -0.25) is 4.79 Å². The predicted molar refractivity (Wildman–Crippen MR) is 48.3 cm³/mol. The van der Waals surface area contributed by atoms with Gasteiger partial charge in [0.25, 0.3) is 6.43 Å². The van der Waals surface area contributed by atoms with E-state index in [0.29, 0.717) is 11.8 Å². The van der Waals surface area contributed by atoms with E-state index in [-0.39, 0.29) is 10.8 Å². The molecule has 0 saturated carbocycles. The number of carbonyl (C=O) groups is 1. The van der Waals surface area contributed by atoms with Crippen molar-refractivity contribution < 1.29 is 18.3 Å². The Kier molecular flexibility index (Phi) is 3.83. The second-order valence-corrected chi connectivity index (χ2v) is 2.92. The van der Waals surface area contributed by atoms with E-state index in [1.807, 2.05) is 0 Å². The Labute approximate surface area is 84.4 Å². The molecule has 0 aliphatic rings. The van der Waals surface area contributed by atoms with E-state index in [0.717, 1.165) is 0 Å². The summed E-state index contributed by atoms with van der Waals surface area (Å²) in [7, 11) is 0. The lowest BCUT2D eigenvalue weighted by molar-refractivity contribution is 0.0819. The molecule has 0 amide bonds. The fourth-order valence-electron chi connectivity index (χ4n) is 0.860. The van der Waals surface area contributed by atoms with Gasteiger partial charge in [-0.15, -0.1) is 0 Å². The first kappa shape index (κ1) is 10.9. The summed E-state index contributed by atoms with van der Waals surface area (Å²) in [5, 5.41) is 0.148. The third kappa shape index (κ3) is 2.96. The molecule has 1 aromatic rings. The number of carbonyl (C=O) groups excluding carboxylic acids is 1. The van der Waals surface area contributed by atoms with Gasteiger partial charge in [0.2, 0.25) is 0 Å². The van der Waals surface area contributed by atoms with Gasteiger partial charge in [-0.2, -0.15) is 0 Å². The van der Waals surface area contributed by atoms with Gasteiger partial charge < -0.3 is 4.74 Å². The van der Waals surface area contributed by atoms with Crippen LogP contribution >= 0.6 is 11.6 Å². The van der Waals surface area contributed by atoms with Crippen LogP contribution in [0.5, 0.6) is 5.75 Å². The molecule has 2 nitrogen and oxygen atoms in total. The Morgan fingerprint density at radius 2 is 2.21 bits per heavy atom. The maximum atomic E-state index is 11.8. The molecule has 0 bridgehead atoms. The van der Waals surface area contributed by atoms with Crippen molar-refractivity contribution in [2.45, 2.75) is 6.43 Å². The van der Waals surface area contributed by atoms with Crippen LogP contribution in [0.4, 0.5) is 8.78 Å². The number of aldehydes is 1. The highest BCUT2D eigenvalue weighted by molar-refractivity contribution is 6.32. The summed E-state index contributed by atoms with van der Waals surface area (Å²) in [6.45, 7) is -0.708. The van der Waals surface area contributed by atoms with Crippen LogP contribution in [0.2, 0.25) is 5.02 Å². The minimum Gasteiger partial charge on any atom is -0.486 e. The smallest absolute Gasteiger partial charge is 0.272 e. The first-order chi connectivity index (χ1) is 6.63. The van der Waals surface area contributed by atoms with Crippen LogP contribution in [0, 0.1) is 0 Å². The predicted octanol–water partition coefficient (Wildman–Crippen LogP) is 2.80. The number of rotatable bonds is 4. The summed E-state index contributed by atoms with van der Waals surface area (Å²) in [4.78, 5) is 10.3. The molecule has 14 heavy (non-hydrogen) atoms. The van der Waals surface area contributed by atoms with Crippen molar-refractivity contribution in [3.05, 3.63) is 28.8 Å². The van der Waals surface area contributed by atoms with Gasteiger partial charge in [0.1, 0.15) is 18.6 Å². The van der Waals surface area contributed by atoms with E-state index >= 15 is 0 Å². The molecule has 76 valence electrons. The number of alkyl halides is 2. The van der Waals surface area contributed by atoms with Crippen LogP contribution in [0.25, 0.3) is 0 Å². The van der Waals surface area contributed by atoms with Gasteiger partial charge in [0.05, 0.1) is 5.02 Å². The number of hydrogen-bond donors (Lipinski definition) is 0. The highest BCUT2D eigenvalue weighted by atomic mass is 35.5. The topological polar surface area (TPSA) is 26.3 Å². The normalized spacial score (nSPS) is 10.3. The summed E-state index contributed by atoms with van der Waals surface area (Å²) in [6.07, 6.45) is -1.93. The standard InChI is InChI=1S/C9H7ClF2O2/c10-7-3-6(4-13)1-2-8(7)14-5-9(11)12/h1-4,9H,5H2. The Hall–Kier alpha value is -1.16. The highest BCUT2D eigenvalue weighted by Crippen LogP contribution is 2.25. The molecule has 0 heterocycles. The van der Waals surface area contributed by atoms with E-state index in [2.05, 4.69) is 0 Å². The summed E-state index contributed by atoms with van der Waals surface area (Å²) in [5.41, 5.74) is 0.374. The Morgan fingerprint density at radius 3 is 2.71 bits per heavy atom. The molecule has 5 heteroatoms. The fraction of sp³-hybridized carbons (Fsp3) is 0.222. The fourth-order valence-corrected chi connectivity index (χ4v) is 1.10. The molecule has 0 aliphatic heterocycles. The summed E-state index contributed by atoms with van der Waals surface area (Å²) >= 11 is 5.66. The van der Waals surface area contributed by atoms with Crippen LogP contribution in [-0.4, -0.2) is 19.3 Å². The molecule has 0 spiro atoms. The molecule has 0 aromatic heterocycles. The lowest BCUT2D eigenvalue weighted by atomic mass is 10.2. The second kappa shape index (κ2) is 4.91. The summed E-state index contributed by atoms with van der Waals surface area (Å²) < 4.78 is 28.2. The molecular weight excluding hydrogens is 214 g/mol. The SMILES string of the molecule is O=Cc1ccc(OCC(F)F)c(Cl)c1. The number of ether oxygens (including phenoxy) is 1. The molecular formula is C9H7ClF2O2. The number of hydrogen-bond acceptors (Lipinski definition) is 2.